The fourth-order valence-electron chi connectivity index (χ4n) is 2.59. The molecule has 4 nitrogen and oxygen atoms in total. The summed E-state index contributed by atoms with van der Waals surface area (Å²) in [5.41, 5.74) is 1.65. The maximum absolute atomic E-state index is 12.2. The predicted octanol–water partition coefficient (Wildman–Crippen LogP) is 4.20. The van der Waals surface area contributed by atoms with Crippen molar-refractivity contribution in [2.24, 2.45) is 5.92 Å². The fourth-order valence-corrected chi connectivity index (χ4v) is 2.98. The smallest absolute Gasteiger partial charge is 0.311 e. The van der Waals surface area contributed by atoms with Gasteiger partial charge in [0.25, 0.3) is 0 Å². The third kappa shape index (κ3) is 3.97. The SMILES string of the molecule is O=C(OCc1ccc(Cl)cc1)[C@H]1CC(=O)N(c2ccc(Br)cc2)C1. The van der Waals surface area contributed by atoms with Gasteiger partial charge in [0, 0.05) is 28.1 Å². The lowest BCUT2D eigenvalue weighted by atomic mass is 10.1. The van der Waals surface area contributed by atoms with E-state index in [1.54, 1.807) is 17.0 Å². The van der Waals surface area contributed by atoms with Gasteiger partial charge in [0.15, 0.2) is 0 Å². The second-order valence-electron chi connectivity index (χ2n) is 5.62. The molecule has 0 saturated carbocycles. The van der Waals surface area contributed by atoms with E-state index in [1.165, 1.54) is 0 Å². The highest BCUT2D eigenvalue weighted by atomic mass is 79.9. The van der Waals surface area contributed by atoms with E-state index in [9.17, 15) is 9.59 Å². The molecule has 3 rings (SSSR count). The van der Waals surface area contributed by atoms with E-state index < -0.39 is 5.92 Å². The highest BCUT2D eigenvalue weighted by molar-refractivity contribution is 9.10. The average Bonchev–Trinajstić information content (AvgIpc) is 2.97. The molecule has 124 valence electrons. The van der Waals surface area contributed by atoms with Crippen LogP contribution in [0.3, 0.4) is 0 Å². The van der Waals surface area contributed by atoms with Gasteiger partial charge in [-0.2, -0.15) is 0 Å². The molecule has 0 N–H and O–H groups in total. The molecule has 0 radical (unpaired) electrons. The molecule has 0 aromatic heterocycles. The first-order chi connectivity index (χ1) is 11.5. The van der Waals surface area contributed by atoms with Gasteiger partial charge in [-0.15, -0.1) is 0 Å². The first-order valence-electron chi connectivity index (χ1n) is 7.50. The van der Waals surface area contributed by atoms with Crippen LogP contribution in [0.4, 0.5) is 5.69 Å². The van der Waals surface area contributed by atoms with Crippen LogP contribution in [0.15, 0.2) is 53.0 Å². The van der Waals surface area contributed by atoms with Gasteiger partial charge >= 0.3 is 5.97 Å². The van der Waals surface area contributed by atoms with E-state index in [1.807, 2.05) is 36.4 Å². The maximum Gasteiger partial charge on any atom is 0.311 e. The first-order valence-corrected chi connectivity index (χ1v) is 8.67. The van der Waals surface area contributed by atoms with E-state index in [4.69, 9.17) is 16.3 Å². The number of anilines is 1. The topological polar surface area (TPSA) is 46.6 Å². The molecule has 1 heterocycles. The molecule has 0 aliphatic carbocycles. The zero-order valence-electron chi connectivity index (χ0n) is 12.7. The van der Waals surface area contributed by atoms with Crippen LogP contribution in [0, 0.1) is 5.92 Å². The molecule has 1 amide bonds. The van der Waals surface area contributed by atoms with Gasteiger partial charge in [0.2, 0.25) is 5.91 Å². The Balaban J connectivity index is 1.59. The van der Waals surface area contributed by atoms with Crippen LogP contribution in [0.2, 0.25) is 5.02 Å². The number of amides is 1. The lowest BCUT2D eigenvalue weighted by Gasteiger charge is -2.16. The number of esters is 1. The normalized spacial score (nSPS) is 17.2. The number of hydrogen-bond donors (Lipinski definition) is 0. The van der Waals surface area contributed by atoms with Crippen LogP contribution in [0.5, 0.6) is 0 Å². The van der Waals surface area contributed by atoms with Gasteiger partial charge in [-0.1, -0.05) is 39.7 Å². The summed E-state index contributed by atoms with van der Waals surface area (Å²) in [7, 11) is 0. The number of ether oxygens (including phenoxy) is 1. The van der Waals surface area contributed by atoms with Crippen molar-refractivity contribution in [3.8, 4) is 0 Å². The van der Waals surface area contributed by atoms with Crippen molar-refractivity contribution >= 4 is 45.1 Å². The van der Waals surface area contributed by atoms with Gasteiger partial charge in [0.1, 0.15) is 6.61 Å². The molecule has 1 saturated heterocycles. The molecule has 6 heteroatoms. The van der Waals surface area contributed by atoms with Crippen molar-refractivity contribution in [2.45, 2.75) is 13.0 Å². The highest BCUT2D eigenvalue weighted by Crippen LogP contribution is 2.27. The van der Waals surface area contributed by atoms with E-state index in [0.717, 1.165) is 15.7 Å². The molecule has 0 unspecified atom stereocenters. The Hall–Kier alpha value is -1.85. The Morgan fingerprint density at radius 2 is 1.83 bits per heavy atom. The lowest BCUT2D eigenvalue weighted by molar-refractivity contribution is -0.149. The zero-order valence-corrected chi connectivity index (χ0v) is 15.1. The van der Waals surface area contributed by atoms with Crippen LogP contribution in [-0.2, 0) is 20.9 Å². The molecular weight excluding hydrogens is 394 g/mol. The predicted molar refractivity (Wildman–Crippen MR) is 95.9 cm³/mol. The van der Waals surface area contributed by atoms with Crippen molar-refractivity contribution < 1.29 is 14.3 Å². The number of rotatable bonds is 4. The fraction of sp³-hybridized carbons (Fsp3) is 0.222. The van der Waals surface area contributed by atoms with E-state index in [-0.39, 0.29) is 24.9 Å². The van der Waals surface area contributed by atoms with Crippen LogP contribution in [0.1, 0.15) is 12.0 Å². The molecule has 1 aliphatic heterocycles. The summed E-state index contributed by atoms with van der Waals surface area (Å²) in [4.78, 5) is 26.0. The summed E-state index contributed by atoms with van der Waals surface area (Å²) in [6, 6.07) is 14.6. The number of carbonyl (C=O) groups excluding carboxylic acids is 2. The Kier molecular flexibility index (Phi) is 5.21. The summed E-state index contributed by atoms with van der Waals surface area (Å²) in [6.07, 6.45) is 0.176. The largest absolute Gasteiger partial charge is 0.461 e. The monoisotopic (exact) mass is 407 g/mol. The minimum atomic E-state index is -0.437. The third-order valence-corrected chi connectivity index (χ3v) is 4.67. The van der Waals surface area contributed by atoms with Gasteiger partial charge in [-0.05, 0) is 42.0 Å². The zero-order chi connectivity index (χ0) is 17.1. The highest BCUT2D eigenvalue weighted by Gasteiger charge is 2.36. The third-order valence-electron chi connectivity index (χ3n) is 3.89. The first kappa shape index (κ1) is 17.0. The van der Waals surface area contributed by atoms with Gasteiger partial charge in [0.05, 0.1) is 5.92 Å². The Bertz CT molecular complexity index is 746. The number of hydrogen-bond acceptors (Lipinski definition) is 3. The van der Waals surface area contributed by atoms with Gasteiger partial charge in [-0.3, -0.25) is 9.59 Å². The van der Waals surface area contributed by atoms with Crippen molar-refractivity contribution in [2.75, 3.05) is 11.4 Å². The number of nitrogens with zero attached hydrogens (tertiary/aromatic N) is 1. The molecule has 2 aromatic carbocycles. The maximum atomic E-state index is 12.2. The minimum Gasteiger partial charge on any atom is -0.461 e. The van der Waals surface area contributed by atoms with Crippen molar-refractivity contribution in [3.63, 3.8) is 0 Å². The molecule has 24 heavy (non-hydrogen) atoms. The standard InChI is InChI=1S/C18H15BrClNO3/c19-14-3-7-16(8-4-14)21-10-13(9-17(21)22)18(23)24-11-12-1-5-15(20)6-2-12/h1-8,13H,9-11H2/t13-/m0/s1. The molecule has 1 atom stereocenters. The molecule has 1 aliphatic rings. The number of halogens is 2. The second kappa shape index (κ2) is 7.36. The summed E-state index contributed by atoms with van der Waals surface area (Å²) in [5, 5.41) is 0.636. The summed E-state index contributed by atoms with van der Waals surface area (Å²) >= 11 is 9.19. The van der Waals surface area contributed by atoms with E-state index in [2.05, 4.69) is 15.9 Å². The second-order valence-corrected chi connectivity index (χ2v) is 6.97. The quantitative estimate of drug-likeness (QED) is 0.712. The van der Waals surface area contributed by atoms with Crippen molar-refractivity contribution in [1.29, 1.82) is 0 Å². The Morgan fingerprint density at radius 1 is 1.17 bits per heavy atom. The summed E-state index contributed by atoms with van der Waals surface area (Å²) < 4.78 is 6.28. The van der Waals surface area contributed by atoms with Crippen LogP contribution < -0.4 is 4.90 Å². The van der Waals surface area contributed by atoms with Gasteiger partial charge < -0.3 is 9.64 Å². The molecule has 0 bridgehead atoms. The minimum absolute atomic E-state index is 0.0641. The Morgan fingerprint density at radius 3 is 2.50 bits per heavy atom. The van der Waals surface area contributed by atoms with Crippen LogP contribution in [-0.4, -0.2) is 18.4 Å². The van der Waals surface area contributed by atoms with E-state index >= 15 is 0 Å². The summed E-state index contributed by atoms with van der Waals surface area (Å²) in [5.74, 6) is -0.850. The van der Waals surface area contributed by atoms with Gasteiger partial charge in [-0.25, -0.2) is 0 Å². The van der Waals surface area contributed by atoms with Crippen molar-refractivity contribution in [3.05, 3.63) is 63.6 Å². The molecular formula is C18H15BrClNO3. The molecule has 2 aromatic rings. The van der Waals surface area contributed by atoms with Crippen molar-refractivity contribution in [1.82, 2.24) is 0 Å². The molecule has 0 spiro atoms. The molecule has 1 fully saturated rings. The average molecular weight is 409 g/mol. The van der Waals surface area contributed by atoms with Crippen LogP contribution in [0.25, 0.3) is 0 Å². The summed E-state index contributed by atoms with van der Waals surface area (Å²) in [6.45, 7) is 0.527. The number of carbonyl (C=O) groups is 2. The number of benzene rings is 2. The lowest BCUT2D eigenvalue weighted by Crippen LogP contribution is -2.26. The Labute approximate surface area is 153 Å². The van der Waals surface area contributed by atoms with E-state index in [0.29, 0.717) is 11.6 Å². The van der Waals surface area contributed by atoms with Crippen LogP contribution >= 0.6 is 27.5 Å².